The van der Waals surface area contributed by atoms with Gasteiger partial charge in [0.2, 0.25) is 10.0 Å². The summed E-state index contributed by atoms with van der Waals surface area (Å²) in [5.74, 6) is -0.530. The first-order valence-electron chi connectivity index (χ1n) is 6.72. The predicted octanol–water partition coefficient (Wildman–Crippen LogP) is 1.80. The van der Waals surface area contributed by atoms with Crippen LogP contribution in [0.5, 0.6) is 0 Å². The van der Waals surface area contributed by atoms with Gasteiger partial charge < -0.3 is 9.30 Å². The Balaban J connectivity index is 2.50. The summed E-state index contributed by atoms with van der Waals surface area (Å²) in [6.45, 7) is 2.48. The second-order valence-corrected chi connectivity index (χ2v) is 6.33. The van der Waals surface area contributed by atoms with Crippen LogP contribution in [0.2, 0.25) is 0 Å². The molecule has 0 fully saturated rings. The molecule has 6 nitrogen and oxygen atoms in total. The van der Waals surface area contributed by atoms with Crippen molar-refractivity contribution in [2.24, 2.45) is 12.2 Å². The Morgan fingerprint density at radius 1 is 1.30 bits per heavy atom. The number of nitrogens with two attached hydrogens (primary N) is 1. The Morgan fingerprint density at radius 3 is 2.50 bits per heavy atom. The topological polar surface area (TPSA) is 91.4 Å². The molecule has 0 spiro atoms. The number of hydrogen-bond donors (Lipinski definition) is 1. The van der Waals surface area contributed by atoms with Crippen LogP contribution in [0.1, 0.15) is 49.5 Å². The third-order valence-electron chi connectivity index (χ3n) is 3.00. The van der Waals surface area contributed by atoms with E-state index < -0.39 is 16.0 Å². The van der Waals surface area contributed by atoms with E-state index in [1.165, 1.54) is 29.7 Å². The smallest absolute Gasteiger partial charge is 0.354 e. The van der Waals surface area contributed by atoms with E-state index in [4.69, 9.17) is 9.88 Å². The summed E-state index contributed by atoms with van der Waals surface area (Å²) < 4.78 is 28.9. The van der Waals surface area contributed by atoms with Crippen LogP contribution < -0.4 is 5.14 Å². The fourth-order valence-corrected chi connectivity index (χ4v) is 2.42. The molecular formula is C13H22N2O4S. The molecule has 0 radical (unpaired) electrons. The average molecular weight is 302 g/mol. The summed E-state index contributed by atoms with van der Waals surface area (Å²) in [5, 5.41) is 5.01. The maximum atomic E-state index is 11.8. The van der Waals surface area contributed by atoms with E-state index in [-0.39, 0.29) is 10.6 Å². The lowest BCUT2D eigenvalue weighted by Gasteiger charge is -2.05. The number of carbonyl (C=O) groups is 1. The van der Waals surface area contributed by atoms with Gasteiger partial charge in [0.1, 0.15) is 10.6 Å². The van der Waals surface area contributed by atoms with Crippen molar-refractivity contribution in [1.82, 2.24) is 4.57 Å². The van der Waals surface area contributed by atoms with E-state index in [1.807, 2.05) is 0 Å². The lowest BCUT2D eigenvalue weighted by Crippen LogP contribution is -2.11. The predicted molar refractivity (Wildman–Crippen MR) is 75.8 cm³/mol. The number of primary sulfonamides is 1. The first-order chi connectivity index (χ1) is 9.36. The van der Waals surface area contributed by atoms with Crippen LogP contribution in [-0.4, -0.2) is 25.6 Å². The number of sulfonamides is 1. The van der Waals surface area contributed by atoms with Gasteiger partial charge in [-0.05, 0) is 12.5 Å². The zero-order chi connectivity index (χ0) is 15.2. The van der Waals surface area contributed by atoms with Gasteiger partial charge in [-0.15, -0.1) is 0 Å². The minimum atomic E-state index is -3.80. The molecule has 0 saturated heterocycles. The van der Waals surface area contributed by atoms with Gasteiger partial charge in [0.25, 0.3) is 0 Å². The molecule has 0 aliphatic heterocycles. The fourth-order valence-electron chi connectivity index (χ4n) is 1.84. The highest BCUT2D eigenvalue weighted by atomic mass is 32.2. The van der Waals surface area contributed by atoms with Gasteiger partial charge in [0, 0.05) is 13.2 Å². The molecule has 0 amide bonds. The summed E-state index contributed by atoms with van der Waals surface area (Å²) in [6.07, 6.45) is 6.62. The van der Waals surface area contributed by atoms with E-state index in [9.17, 15) is 13.2 Å². The molecule has 1 aromatic rings. The average Bonchev–Trinajstić information content (AvgIpc) is 2.75. The van der Waals surface area contributed by atoms with Crippen LogP contribution in [0.15, 0.2) is 17.2 Å². The number of esters is 1. The minimum Gasteiger partial charge on any atom is -0.461 e. The number of unbranched alkanes of at least 4 members (excludes halogenated alkanes) is 4. The monoisotopic (exact) mass is 302 g/mol. The van der Waals surface area contributed by atoms with E-state index in [2.05, 4.69) is 6.92 Å². The maximum Gasteiger partial charge on any atom is 0.354 e. The molecule has 7 heteroatoms. The molecule has 0 aliphatic rings. The normalized spacial score (nSPS) is 11.6. The van der Waals surface area contributed by atoms with Crippen LogP contribution in [-0.2, 0) is 21.8 Å². The maximum absolute atomic E-state index is 11.8. The lowest BCUT2D eigenvalue weighted by molar-refractivity contribution is 0.0486. The van der Waals surface area contributed by atoms with E-state index in [1.54, 1.807) is 7.05 Å². The van der Waals surface area contributed by atoms with E-state index in [0.29, 0.717) is 6.61 Å². The number of carbonyl (C=O) groups excluding carboxylic acids is 1. The second kappa shape index (κ2) is 7.44. The minimum absolute atomic E-state index is 0.0881. The van der Waals surface area contributed by atoms with Gasteiger partial charge in [0.05, 0.1) is 6.61 Å². The van der Waals surface area contributed by atoms with Crippen LogP contribution in [0, 0.1) is 0 Å². The first kappa shape index (κ1) is 16.7. The summed E-state index contributed by atoms with van der Waals surface area (Å²) in [5.41, 5.74) is 0.183. The summed E-state index contributed by atoms with van der Waals surface area (Å²) in [6, 6.07) is 1.23. The van der Waals surface area contributed by atoms with Gasteiger partial charge >= 0.3 is 5.97 Å². The van der Waals surface area contributed by atoms with Gasteiger partial charge in [-0.25, -0.2) is 18.4 Å². The lowest BCUT2D eigenvalue weighted by atomic mass is 10.2. The molecule has 0 aromatic carbocycles. The number of nitrogens with zero attached hydrogens (tertiary/aromatic N) is 1. The molecule has 114 valence electrons. The number of hydrogen-bond acceptors (Lipinski definition) is 4. The number of aryl methyl sites for hydroxylation is 1. The van der Waals surface area contributed by atoms with Crippen LogP contribution in [0.3, 0.4) is 0 Å². The quantitative estimate of drug-likeness (QED) is 0.585. The molecule has 20 heavy (non-hydrogen) atoms. The molecule has 1 rings (SSSR count). The molecule has 0 aliphatic carbocycles. The molecule has 0 saturated carbocycles. The molecule has 1 heterocycles. The van der Waals surface area contributed by atoms with Crippen molar-refractivity contribution in [2.75, 3.05) is 6.61 Å². The molecule has 0 unspecified atom stereocenters. The van der Waals surface area contributed by atoms with Gasteiger partial charge in [-0.1, -0.05) is 32.6 Å². The highest BCUT2D eigenvalue weighted by molar-refractivity contribution is 7.89. The zero-order valence-corrected chi connectivity index (χ0v) is 12.8. The van der Waals surface area contributed by atoms with Gasteiger partial charge in [-0.3, -0.25) is 0 Å². The Bertz CT molecular complexity index is 549. The SMILES string of the molecule is CCCCCCCOC(=O)c1cc(S(N)(=O)=O)cn1C. The number of aromatic nitrogens is 1. The van der Waals surface area contributed by atoms with Crippen LogP contribution in [0.4, 0.5) is 0 Å². The van der Waals surface area contributed by atoms with E-state index >= 15 is 0 Å². The Kier molecular flexibility index (Phi) is 6.22. The third kappa shape index (κ3) is 4.97. The van der Waals surface area contributed by atoms with Crippen molar-refractivity contribution in [2.45, 2.75) is 43.9 Å². The van der Waals surface area contributed by atoms with Crippen molar-refractivity contribution < 1.29 is 17.9 Å². The third-order valence-corrected chi connectivity index (χ3v) is 3.88. The highest BCUT2D eigenvalue weighted by Crippen LogP contribution is 2.13. The Morgan fingerprint density at radius 2 is 1.95 bits per heavy atom. The molecular weight excluding hydrogens is 280 g/mol. The highest BCUT2D eigenvalue weighted by Gasteiger charge is 2.18. The Hall–Kier alpha value is -1.34. The summed E-state index contributed by atoms with van der Waals surface area (Å²) in [7, 11) is -2.23. The summed E-state index contributed by atoms with van der Waals surface area (Å²) >= 11 is 0. The van der Waals surface area contributed by atoms with Gasteiger partial charge in [-0.2, -0.15) is 0 Å². The largest absolute Gasteiger partial charge is 0.461 e. The molecule has 0 atom stereocenters. The first-order valence-corrected chi connectivity index (χ1v) is 8.27. The number of rotatable bonds is 8. The van der Waals surface area contributed by atoms with Crippen molar-refractivity contribution in [3.8, 4) is 0 Å². The van der Waals surface area contributed by atoms with Crippen LogP contribution >= 0.6 is 0 Å². The van der Waals surface area contributed by atoms with Crippen LogP contribution in [0.25, 0.3) is 0 Å². The standard InChI is InChI=1S/C13H22N2O4S/c1-3-4-5-6-7-8-19-13(16)12-9-11(10-15(12)2)20(14,17)18/h9-10H,3-8H2,1-2H3,(H2,14,17,18). The summed E-state index contributed by atoms with van der Waals surface area (Å²) in [4.78, 5) is 11.7. The van der Waals surface area contributed by atoms with Crippen molar-refractivity contribution in [1.29, 1.82) is 0 Å². The fraction of sp³-hybridized carbons (Fsp3) is 0.615. The molecule has 1 aromatic heterocycles. The Labute approximate surface area is 120 Å². The van der Waals surface area contributed by atoms with Gasteiger partial charge in [0.15, 0.2) is 0 Å². The zero-order valence-electron chi connectivity index (χ0n) is 12.0. The molecule has 0 bridgehead atoms. The van der Waals surface area contributed by atoms with Crippen molar-refractivity contribution in [3.63, 3.8) is 0 Å². The van der Waals surface area contributed by atoms with Crippen molar-refractivity contribution >= 4 is 16.0 Å². The van der Waals surface area contributed by atoms with Crippen molar-refractivity contribution in [3.05, 3.63) is 18.0 Å². The molecule has 2 N–H and O–H groups in total. The second-order valence-electron chi connectivity index (χ2n) is 4.77. The van der Waals surface area contributed by atoms with E-state index in [0.717, 1.165) is 19.3 Å². The number of ether oxygens (including phenoxy) is 1.